The van der Waals surface area contributed by atoms with Crippen molar-refractivity contribution in [2.24, 2.45) is 0 Å². The number of nitrogen functional groups attached to an aromatic ring is 1. The predicted molar refractivity (Wildman–Crippen MR) is 62.3 cm³/mol. The van der Waals surface area contributed by atoms with Crippen molar-refractivity contribution < 1.29 is 28.9 Å². The number of carbonyl (C=O) groups is 1. The highest BCUT2D eigenvalue weighted by Gasteiger charge is 2.51. The van der Waals surface area contributed by atoms with E-state index in [1.54, 1.807) is 0 Å². The van der Waals surface area contributed by atoms with Crippen molar-refractivity contribution in [3.05, 3.63) is 22.2 Å². The lowest BCUT2D eigenvalue weighted by molar-refractivity contribution is -0.136. The van der Waals surface area contributed by atoms with E-state index in [-0.39, 0.29) is 15.9 Å². The minimum atomic E-state index is -4.49. The molecule has 1 aromatic rings. The lowest BCUT2D eigenvalue weighted by atomic mass is 10.1. The van der Waals surface area contributed by atoms with Crippen molar-refractivity contribution in [2.45, 2.75) is 25.1 Å². The van der Waals surface area contributed by atoms with Gasteiger partial charge in [0, 0.05) is 11.8 Å². The molecular weight excluding hydrogens is 280 g/mol. The molecule has 10 heteroatoms. The van der Waals surface area contributed by atoms with Gasteiger partial charge in [-0.05, 0) is 6.92 Å². The second-order valence-corrected chi connectivity index (χ2v) is 4.08. The highest BCUT2D eigenvalue weighted by Crippen LogP contribution is 2.23. The third kappa shape index (κ3) is 2.81. The fourth-order valence-electron chi connectivity index (χ4n) is 1.33. The average Bonchev–Trinajstić information content (AvgIpc) is 2.40. The SMILES string of the molecule is Cc1cn(C(=O)C(F)(F)[C@@H](O)[C@H](O)CO)c(=O)nc1N. The van der Waals surface area contributed by atoms with Gasteiger partial charge in [-0.3, -0.25) is 4.79 Å². The lowest BCUT2D eigenvalue weighted by Crippen LogP contribution is -2.53. The van der Waals surface area contributed by atoms with Gasteiger partial charge in [0.2, 0.25) is 0 Å². The van der Waals surface area contributed by atoms with Gasteiger partial charge in [-0.15, -0.1) is 0 Å². The fourth-order valence-corrected chi connectivity index (χ4v) is 1.33. The van der Waals surface area contributed by atoms with Crippen LogP contribution in [0, 0.1) is 6.92 Å². The molecular formula is C10H13F2N3O5. The highest BCUT2D eigenvalue weighted by atomic mass is 19.3. The van der Waals surface area contributed by atoms with Crippen molar-refractivity contribution in [1.29, 1.82) is 0 Å². The first-order chi connectivity index (χ1) is 9.12. The first-order valence-electron chi connectivity index (χ1n) is 5.38. The summed E-state index contributed by atoms with van der Waals surface area (Å²) in [7, 11) is 0. The molecule has 20 heavy (non-hydrogen) atoms. The van der Waals surface area contributed by atoms with Crippen molar-refractivity contribution in [2.75, 3.05) is 12.3 Å². The van der Waals surface area contributed by atoms with Crippen LogP contribution >= 0.6 is 0 Å². The van der Waals surface area contributed by atoms with Gasteiger partial charge >= 0.3 is 17.5 Å². The first kappa shape index (κ1) is 16.1. The number of hydrogen-bond donors (Lipinski definition) is 4. The van der Waals surface area contributed by atoms with Crippen molar-refractivity contribution >= 4 is 11.7 Å². The predicted octanol–water partition coefficient (Wildman–Crippen LogP) is -1.88. The molecule has 5 N–H and O–H groups in total. The van der Waals surface area contributed by atoms with E-state index in [0.29, 0.717) is 0 Å². The smallest absolute Gasteiger partial charge is 0.356 e. The van der Waals surface area contributed by atoms with E-state index in [0.717, 1.165) is 6.20 Å². The maximum atomic E-state index is 13.7. The summed E-state index contributed by atoms with van der Waals surface area (Å²) >= 11 is 0. The fraction of sp³-hybridized carbons (Fsp3) is 0.500. The number of aliphatic hydroxyl groups excluding tert-OH is 3. The molecule has 0 saturated carbocycles. The zero-order valence-electron chi connectivity index (χ0n) is 10.3. The molecule has 1 rings (SSSR count). The van der Waals surface area contributed by atoms with Gasteiger partial charge in [-0.1, -0.05) is 0 Å². The topological polar surface area (TPSA) is 139 Å². The number of aromatic nitrogens is 2. The standard InChI is InChI=1S/C10H13F2N3O5/c1-4-2-15(9(20)14-7(4)13)8(19)10(11,12)6(18)5(17)3-16/h2,5-6,16-18H,3H2,1H3,(H2,13,14,20)/t5-,6+/m1/s1. The van der Waals surface area contributed by atoms with Crippen LogP contribution in [0.2, 0.25) is 0 Å². The Morgan fingerprint density at radius 1 is 1.55 bits per heavy atom. The van der Waals surface area contributed by atoms with E-state index >= 15 is 0 Å². The number of aryl methyl sites for hydroxylation is 1. The Hall–Kier alpha value is -1.91. The molecule has 0 unspecified atom stereocenters. The molecule has 1 heterocycles. The zero-order chi connectivity index (χ0) is 15.7. The number of hydrogen-bond acceptors (Lipinski definition) is 7. The van der Waals surface area contributed by atoms with Crippen LogP contribution in [0.5, 0.6) is 0 Å². The zero-order valence-corrected chi connectivity index (χ0v) is 10.3. The van der Waals surface area contributed by atoms with Crippen LogP contribution in [-0.4, -0.2) is 55.5 Å². The molecule has 112 valence electrons. The van der Waals surface area contributed by atoms with E-state index in [2.05, 4.69) is 4.98 Å². The normalized spacial score (nSPS) is 14.9. The first-order valence-corrected chi connectivity index (χ1v) is 5.38. The van der Waals surface area contributed by atoms with Crippen LogP contribution in [0.25, 0.3) is 0 Å². The molecule has 1 aromatic heterocycles. The van der Waals surface area contributed by atoms with Gasteiger partial charge in [0.15, 0.2) is 6.10 Å². The number of aliphatic hydroxyl groups is 3. The minimum Gasteiger partial charge on any atom is -0.394 e. The summed E-state index contributed by atoms with van der Waals surface area (Å²) in [4.78, 5) is 26.1. The summed E-state index contributed by atoms with van der Waals surface area (Å²) < 4.78 is 27.3. The number of rotatable bonds is 4. The number of halogens is 2. The summed E-state index contributed by atoms with van der Waals surface area (Å²) in [5.41, 5.74) is 4.04. The number of alkyl halides is 2. The van der Waals surface area contributed by atoms with Crippen LogP contribution in [-0.2, 0) is 0 Å². The Morgan fingerprint density at radius 3 is 2.60 bits per heavy atom. The van der Waals surface area contributed by atoms with Crippen molar-refractivity contribution in [3.63, 3.8) is 0 Å². The van der Waals surface area contributed by atoms with Crippen LogP contribution in [0.3, 0.4) is 0 Å². The molecule has 0 bridgehead atoms. The monoisotopic (exact) mass is 293 g/mol. The summed E-state index contributed by atoms with van der Waals surface area (Å²) in [5.74, 6) is -6.80. The molecule has 2 atom stereocenters. The molecule has 0 radical (unpaired) electrons. The summed E-state index contributed by atoms with van der Waals surface area (Å²) in [6.45, 7) is 0.153. The Balaban J connectivity index is 3.24. The molecule has 8 nitrogen and oxygen atoms in total. The Kier molecular flexibility index (Phi) is 4.53. The molecule has 0 fully saturated rings. The minimum absolute atomic E-state index is 0.0149. The average molecular weight is 293 g/mol. The number of carbonyl (C=O) groups excluding carboxylic acids is 1. The van der Waals surface area contributed by atoms with E-state index in [1.807, 2.05) is 0 Å². The maximum absolute atomic E-state index is 13.7. The van der Waals surface area contributed by atoms with Gasteiger partial charge in [0.25, 0.3) is 0 Å². The van der Waals surface area contributed by atoms with Crippen LogP contribution in [0.15, 0.2) is 11.0 Å². The van der Waals surface area contributed by atoms with Gasteiger partial charge in [0.05, 0.1) is 6.61 Å². The molecule has 0 aromatic carbocycles. The summed E-state index contributed by atoms with van der Waals surface area (Å²) in [6, 6.07) is 0. The quantitative estimate of drug-likeness (QED) is 0.509. The number of nitrogens with zero attached hydrogens (tertiary/aromatic N) is 2. The van der Waals surface area contributed by atoms with Gasteiger partial charge < -0.3 is 21.1 Å². The second-order valence-electron chi connectivity index (χ2n) is 4.08. The Morgan fingerprint density at radius 2 is 2.10 bits per heavy atom. The second kappa shape index (κ2) is 5.61. The van der Waals surface area contributed by atoms with Gasteiger partial charge in [-0.2, -0.15) is 13.8 Å². The Bertz CT molecular complexity index is 575. The van der Waals surface area contributed by atoms with Gasteiger partial charge in [-0.25, -0.2) is 9.36 Å². The third-order valence-electron chi connectivity index (χ3n) is 2.58. The summed E-state index contributed by atoms with van der Waals surface area (Å²) in [5, 5.41) is 26.6. The highest BCUT2D eigenvalue weighted by molar-refractivity contribution is 5.86. The van der Waals surface area contributed by atoms with E-state index < -0.39 is 36.3 Å². The summed E-state index contributed by atoms with van der Waals surface area (Å²) in [6.07, 6.45) is -4.36. The molecule has 0 amide bonds. The lowest BCUT2D eigenvalue weighted by Gasteiger charge is -2.24. The molecule has 0 aliphatic rings. The van der Waals surface area contributed by atoms with Crippen LogP contribution in [0.4, 0.5) is 14.6 Å². The maximum Gasteiger partial charge on any atom is 0.356 e. The number of anilines is 1. The van der Waals surface area contributed by atoms with E-state index in [1.165, 1.54) is 6.92 Å². The van der Waals surface area contributed by atoms with E-state index in [9.17, 15) is 18.4 Å². The largest absolute Gasteiger partial charge is 0.394 e. The molecule has 0 aliphatic heterocycles. The van der Waals surface area contributed by atoms with Crippen molar-refractivity contribution in [3.8, 4) is 0 Å². The van der Waals surface area contributed by atoms with E-state index in [4.69, 9.17) is 21.1 Å². The van der Waals surface area contributed by atoms with Gasteiger partial charge in [0.1, 0.15) is 11.9 Å². The van der Waals surface area contributed by atoms with Crippen LogP contribution < -0.4 is 11.4 Å². The third-order valence-corrected chi connectivity index (χ3v) is 2.58. The number of nitrogens with two attached hydrogens (primary N) is 1. The molecule has 0 spiro atoms. The molecule has 0 aliphatic carbocycles. The van der Waals surface area contributed by atoms with Crippen molar-refractivity contribution in [1.82, 2.24) is 9.55 Å². The Labute approximate surface area is 111 Å². The van der Waals surface area contributed by atoms with Crippen LogP contribution in [0.1, 0.15) is 10.4 Å². The molecule has 0 saturated heterocycles.